The van der Waals surface area contributed by atoms with Gasteiger partial charge in [-0.2, -0.15) is 5.26 Å². The van der Waals surface area contributed by atoms with Crippen LogP contribution in [0.2, 0.25) is 5.02 Å². The molecule has 2 aromatic carbocycles. The summed E-state index contributed by atoms with van der Waals surface area (Å²) in [7, 11) is 1.27. The molecule has 0 aliphatic carbocycles. The molecule has 0 saturated carbocycles. The molecule has 1 amide bonds. The van der Waals surface area contributed by atoms with Crippen LogP contribution in [0.25, 0.3) is 6.08 Å². The minimum absolute atomic E-state index is 0.0745. The van der Waals surface area contributed by atoms with Crippen LogP contribution in [0, 0.1) is 18.3 Å². The number of ether oxygens (including phenoxy) is 2. The number of amides is 1. The topological polar surface area (TPSA) is 88.4 Å². The van der Waals surface area contributed by atoms with Crippen LogP contribution >= 0.6 is 27.5 Å². The maximum absolute atomic E-state index is 12.4. The van der Waals surface area contributed by atoms with Crippen LogP contribution in [0.5, 0.6) is 5.75 Å². The van der Waals surface area contributed by atoms with E-state index in [4.69, 9.17) is 16.3 Å². The van der Waals surface area contributed by atoms with E-state index < -0.39 is 11.9 Å². The summed E-state index contributed by atoms with van der Waals surface area (Å²) in [6, 6.07) is 12.0. The van der Waals surface area contributed by atoms with E-state index in [9.17, 15) is 14.9 Å². The summed E-state index contributed by atoms with van der Waals surface area (Å²) in [5.74, 6) is -0.620. The van der Waals surface area contributed by atoms with Gasteiger partial charge in [0.1, 0.15) is 17.4 Å². The molecule has 144 valence electrons. The zero-order chi connectivity index (χ0) is 20.7. The van der Waals surface area contributed by atoms with Crippen molar-refractivity contribution in [3.05, 3.63) is 62.6 Å². The standard InChI is InChI=1S/C20H16BrClN2O4/c1-12-3-5-15(22)9-17(12)24-20(26)14(10-23)7-13-4-6-18(16(21)8-13)28-11-19(25)27-2/h3-9H,11H2,1-2H3,(H,24,26)/b14-7+. The Balaban J connectivity index is 2.18. The SMILES string of the molecule is COC(=O)COc1ccc(/C=C(\C#N)C(=O)Nc2cc(Cl)ccc2C)cc1Br. The van der Waals surface area contributed by atoms with Crippen molar-refractivity contribution >= 4 is 51.2 Å². The predicted octanol–water partition coefficient (Wildman–Crippen LogP) is 4.51. The van der Waals surface area contributed by atoms with Gasteiger partial charge in [0.15, 0.2) is 6.61 Å². The van der Waals surface area contributed by atoms with E-state index >= 15 is 0 Å². The highest BCUT2D eigenvalue weighted by molar-refractivity contribution is 9.10. The lowest BCUT2D eigenvalue weighted by molar-refractivity contribution is -0.142. The molecule has 0 heterocycles. The van der Waals surface area contributed by atoms with Crippen molar-refractivity contribution in [2.75, 3.05) is 19.0 Å². The molecule has 28 heavy (non-hydrogen) atoms. The molecule has 0 fully saturated rings. The minimum Gasteiger partial charge on any atom is -0.481 e. The van der Waals surface area contributed by atoms with Gasteiger partial charge in [-0.25, -0.2) is 4.79 Å². The first-order valence-corrected chi connectivity index (χ1v) is 9.19. The highest BCUT2D eigenvalue weighted by Gasteiger charge is 2.12. The zero-order valence-electron chi connectivity index (χ0n) is 15.1. The molecule has 6 nitrogen and oxygen atoms in total. The molecule has 0 aliphatic heterocycles. The van der Waals surface area contributed by atoms with Gasteiger partial charge in [-0.3, -0.25) is 4.79 Å². The number of halogens is 2. The van der Waals surface area contributed by atoms with Crippen molar-refractivity contribution in [1.82, 2.24) is 0 Å². The van der Waals surface area contributed by atoms with Gasteiger partial charge in [-0.05, 0) is 64.3 Å². The van der Waals surface area contributed by atoms with Gasteiger partial charge in [-0.15, -0.1) is 0 Å². The molecule has 0 aromatic heterocycles. The maximum Gasteiger partial charge on any atom is 0.343 e. The highest BCUT2D eigenvalue weighted by Crippen LogP contribution is 2.27. The number of aryl methyl sites for hydroxylation is 1. The number of esters is 1. The van der Waals surface area contributed by atoms with E-state index in [2.05, 4.69) is 26.0 Å². The summed E-state index contributed by atoms with van der Waals surface area (Å²) in [4.78, 5) is 23.6. The van der Waals surface area contributed by atoms with E-state index in [-0.39, 0.29) is 12.2 Å². The summed E-state index contributed by atoms with van der Waals surface area (Å²) >= 11 is 9.29. The number of hydrogen-bond donors (Lipinski definition) is 1. The third-order valence-electron chi connectivity index (χ3n) is 3.65. The predicted molar refractivity (Wildman–Crippen MR) is 110 cm³/mol. The van der Waals surface area contributed by atoms with E-state index in [0.717, 1.165) is 5.56 Å². The van der Waals surface area contributed by atoms with Crippen LogP contribution in [0.3, 0.4) is 0 Å². The fraction of sp³-hybridized carbons (Fsp3) is 0.150. The number of nitriles is 1. The summed E-state index contributed by atoms with van der Waals surface area (Å²) in [6.45, 7) is 1.60. The minimum atomic E-state index is -0.546. The Hall–Kier alpha value is -2.82. The molecule has 0 saturated heterocycles. The largest absolute Gasteiger partial charge is 0.481 e. The van der Waals surface area contributed by atoms with Crippen molar-refractivity contribution in [2.45, 2.75) is 6.92 Å². The van der Waals surface area contributed by atoms with Gasteiger partial charge in [0.2, 0.25) is 0 Å². The van der Waals surface area contributed by atoms with E-state index in [0.29, 0.717) is 26.5 Å². The summed E-state index contributed by atoms with van der Waals surface area (Å²) in [5, 5.41) is 12.5. The number of nitrogens with one attached hydrogen (secondary N) is 1. The van der Waals surface area contributed by atoms with Crippen LogP contribution in [-0.2, 0) is 14.3 Å². The molecule has 2 rings (SSSR count). The Morgan fingerprint density at radius 3 is 2.68 bits per heavy atom. The normalized spacial score (nSPS) is 10.8. The quantitative estimate of drug-likeness (QED) is 0.387. The van der Waals surface area contributed by atoms with Gasteiger partial charge in [0, 0.05) is 10.7 Å². The van der Waals surface area contributed by atoms with E-state index in [1.54, 1.807) is 36.4 Å². The van der Waals surface area contributed by atoms with E-state index in [1.807, 2.05) is 13.0 Å². The third kappa shape index (κ3) is 5.84. The second kappa shape index (κ2) is 9.93. The second-order valence-electron chi connectivity index (χ2n) is 5.64. The Kier molecular flexibility index (Phi) is 7.61. The maximum atomic E-state index is 12.4. The smallest absolute Gasteiger partial charge is 0.343 e. The number of nitrogens with zero attached hydrogens (tertiary/aromatic N) is 1. The van der Waals surface area contributed by atoms with Gasteiger partial charge in [0.05, 0.1) is 11.6 Å². The lowest BCUT2D eigenvalue weighted by atomic mass is 10.1. The Bertz CT molecular complexity index is 983. The molecule has 0 unspecified atom stereocenters. The number of rotatable bonds is 6. The van der Waals surface area contributed by atoms with Crippen molar-refractivity contribution in [1.29, 1.82) is 5.26 Å². The molecule has 0 radical (unpaired) electrons. The zero-order valence-corrected chi connectivity index (χ0v) is 17.4. The van der Waals surface area contributed by atoms with Crippen LogP contribution in [-0.4, -0.2) is 25.6 Å². The molecule has 0 spiro atoms. The van der Waals surface area contributed by atoms with Crippen LogP contribution in [0.15, 0.2) is 46.4 Å². The first-order chi connectivity index (χ1) is 13.3. The molecule has 1 N–H and O–H groups in total. The lowest BCUT2D eigenvalue weighted by Crippen LogP contribution is -2.14. The Morgan fingerprint density at radius 2 is 2.04 bits per heavy atom. The Morgan fingerprint density at radius 1 is 1.29 bits per heavy atom. The van der Waals surface area contributed by atoms with Crippen molar-refractivity contribution in [3.8, 4) is 11.8 Å². The number of benzene rings is 2. The first kappa shape index (κ1) is 21.5. The average molecular weight is 464 g/mol. The van der Waals surface area contributed by atoms with Crippen LogP contribution in [0.4, 0.5) is 5.69 Å². The van der Waals surface area contributed by atoms with E-state index in [1.165, 1.54) is 13.2 Å². The average Bonchev–Trinajstić information content (AvgIpc) is 2.67. The highest BCUT2D eigenvalue weighted by atomic mass is 79.9. The number of anilines is 1. The second-order valence-corrected chi connectivity index (χ2v) is 6.93. The van der Waals surface area contributed by atoms with Crippen molar-refractivity contribution in [3.63, 3.8) is 0 Å². The number of carbonyl (C=O) groups excluding carboxylic acids is 2. The van der Waals surface area contributed by atoms with Gasteiger partial charge in [-0.1, -0.05) is 23.7 Å². The first-order valence-electron chi connectivity index (χ1n) is 8.02. The van der Waals surface area contributed by atoms with Gasteiger partial charge >= 0.3 is 5.97 Å². The number of hydrogen-bond acceptors (Lipinski definition) is 5. The molecular formula is C20H16BrClN2O4. The molecule has 2 aromatic rings. The molecule has 0 bridgehead atoms. The fourth-order valence-corrected chi connectivity index (χ4v) is 2.84. The monoisotopic (exact) mass is 462 g/mol. The number of carbonyl (C=O) groups is 2. The molecule has 0 aliphatic rings. The molecule has 0 atom stereocenters. The van der Waals surface area contributed by atoms with Gasteiger partial charge < -0.3 is 14.8 Å². The Labute approximate surface area is 175 Å². The summed E-state index contributed by atoms with van der Waals surface area (Å²) in [5.41, 5.74) is 1.89. The third-order valence-corrected chi connectivity index (χ3v) is 4.51. The molecule has 8 heteroatoms. The van der Waals surface area contributed by atoms with Crippen LogP contribution < -0.4 is 10.1 Å². The molecular weight excluding hydrogens is 448 g/mol. The lowest BCUT2D eigenvalue weighted by Gasteiger charge is -2.09. The summed E-state index contributed by atoms with van der Waals surface area (Å²) in [6.07, 6.45) is 1.45. The summed E-state index contributed by atoms with van der Waals surface area (Å²) < 4.78 is 10.4. The van der Waals surface area contributed by atoms with Crippen molar-refractivity contribution in [2.24, 2.45) is 0 Å². The van der Waals surface area contributed by atoms with Gasteiger partial charge in [0.25, 0.3) is 5.91 Å². The fourth-order valence-electron chi connectivity index (χ4n) is 2.15. The van der Waals surface area contributed by atoms with Crippen LogP contribution in [0.1, 0.15) is 11.1 Å². The van der Waals surface area contributed by atoms with Crippen molar-refractivity contribution < 1.29 is 19.1 Å². The number of methoxy groups -OCH3 is 1.